The number of carbonyl (C=O) groups is 2. The monoisotopic (exact) mass is 554 g/mol. The Morgan fingerprint density at radius 1 is 1.07 bits per heavy atom. The van der Waals surface area contributed by atoms with Gasteiger partial charge >= 0.3 is 5.97 Å². The average Bonchev–Trinajstić information content (AvgIpc) is 3.18. The van der Waals surface area contributed by atoms with Crippen molar-refractivity contribution in [2.45, 2.75) is 57.0 Å². The van der Waals surface area contributed by atoms with Crippen molar-refractivity contribution in [2.75, 3.05) is 13.7 Å². The van der Waals surface area contributed by atoms with Gasteiger partial charge in [0.2, 0.25) is 0 Å². The zero-order chi connectivity index (χ0) is 28.5. The molecule has 0 saturated heterocycles. The number of amides is 1. The highest BCUT2D eigenvalue weighted by molar-refractivity contribution is 6.02. The molecule has 0 radical (unpaired) electrons. The smallest absolute Gasteiger partial charge is 0.326 e. The van der Waals surface area contributed by atoms with Crippen molar-refractivity contribution in [1.29, 1.82) is 0 Å². The predicted octanol–water partition coefficient (Wildman–Crippen LogP) is 5.89. The number of aliphatic carboxylic acids is 1. The Labute approximate surface area is 238 Å². The first-order valence-corrected chi connectivity index (χ1v) is 14.2. The van der Waals surface area contributed by atoms with E-state index in [1.807, 2.05) is 24.3 Å². The number of carboxylic acids is 1. The van der Waals surface area contributed by atoms with Gasteiger partial charge in [0.05, 0.1) is 19.3 Å². The molecule has 212 valence electrons. The van der Waals surface area contributed by atoms with Crippen molar-refractivity contribution in [3.63, 3.8) is 0 Å². The number of fused-ring (bicyclic) bond motifs is 5. The Balaban J connectivity index is 1.41. The Kier molecular flexibility index (Phi) is 7.30. The minimum atomic E-state index is -1.14. The molecule has 1 saturated carbocycles. The highest BCUT2D eigenvalue weighted by Gasteiger charge is 2.30. The molecule has 3 aromatic carbocycles. The zero-order valence-electron chi connectivity index (χ0n) is 23.1. The Morgan fingerprint density at radius 3 is 2.66 bits per heavy atom. The fourth-order valence-electron chi connectivity index (χ4n) is 6.40. The van der Waals surface area contributed by atoms with Crippen LogP contribution in [0.15, 0.2) is 60.7 Å². The van der Waals surface area contributed by atoms with Gasteiger partial charge in [-0.3, -0.25) is 4.79 Å². The van der Waals surface area contributed by atoms with E-state index < -0.39 is 17.9 Å². The van der Waals surface area contributed by atoms with E-state index >= 15 is 0 Å². The molecule has 1 atom stereocenters. The van der Waals surface area contributed by atoms with Gasteiger partial charge in [-0.2, -0.15) is 0 Å². The summed E-state index contributed by atoms with van der Waals surface area (Å²) in [4.78, 5) is 25.4. The van der Waals surface area contributed by atoms with Crippen LogP contribution in [0.4, 0.5) is 0 Å². The molecule has 6 rings (SSSR count). The van der Waals surface area contributed by atoms with E-state index in [2.05, 4.69) is 16.0 Å². The number of methoxy groups -OCH3 is 1. The molecule has 1 aliphatic carbocycles. The minimum absolute atomic E-state index is 0.0510. The van der Waals surface area contributed by atoms with Crippen LogP contribution in [-0.4, -0.2) is 46.4 Å². The van der Waals surface area contributed by atoms with Gasteiger partial charge in [0, 0.05) is 34.5 Å². The number of hydrogen-bond donors (Lipinski definition) is 3. The van der Waals surface area contributed by atoms with Gasteiger partial charge in [-0.05, 0) is 66.3 Å². The van der Waals surface area contributed by atoms with E-state index in [0.717, 1.165) is 46.5 Å². The second-order valence-corrected chi connectivity index (χ2v) is 10.9. The summed E-state index contributed by atoms with van der Waals surface area (Å²) in [6.07, 6.45) is 5.94. The summed E-state index contributed by atoms with van der Waals surface area (Å²) >= 11 is 0. The molecule has 2 heterocycles. The molecule has 8 heteroatoms. The number of ether oxygens (including phenoxy) is 2. The number of nitrogens with zero attached hydrogens (tertiary/aromatic N) is 1. The highest BCUT2D eigenvalue weighted by Crippen LogP contribution is 2.47. The van der Waals surface area contributed by atoms with Crippen LogP contribution in [-0.2, 0) is 17.8 Å². The van der Waals surface area contributed by atoms with Crippen molar-refractivity contribution in [3.8, 4) is 28.5 Å². The molecule has 3 N–H and O–H groups in total. The van der Waals surface area contributed by atoms with Crippen LogP contribution in [0.1, 0.15) is 59.5 Å². The first-order valence-electron chi connectivity index (χ1n) is 14.2. The summed E-state index contributed by atoms with van der Waals surface area (Å²) in [6, 6.07) is 16.9. The largest absolute Gasteiger partial charge is 0.508 e. The summed E-state index contributed by atoms with van der Waals surface area (Å²) in [5.74, 6) is 0.402. The fraction of sp³-hybridized carbons (Fsp3) is 0.333. The van der Waals surface area contributed by atoms with Crippen LogP contribution in [0, 0.1) is 0 Å². The lowest BCUT2D eigenvalue weighted by Crippen LogP contribution is -2.42. The average molecular weight is 555 g/mol. The highest BCUT2D eigenvalue weighted by atomic mass is 16.5. The summed E-state index contributed by atoms with van der Waals surface area (Å²) in [5.41, 5.74) is 5.42. The van der Waals surface area contributed by atoms with Gasteiger partial charge < -0.3 is 29.6 Å². The van der Waals surface area contributed by atoms with Gasteiger partial charge in [0.25, 0.3) is 5.91 Å². The van der Waals surface area contributed by atoms with Crippen molar-refractivity contribution in [1.82, 2.24) is 9.88 Å². The van der Waals surface area contributed by atoms with Crippen molar-refractivity contribution in [2.24, 2.45) is 0 Å². The summed E-state index contributed by atoms with van der Waals surface area (Å²) in [6.45, 7) is 1.10. The van der Waals surface area contributed by atoms with Crippen LogP contribution in [0.2, 0.25) is 0 Å². The first kappa shape index (κ1) is 26.7. The number of nitrogens with one attached hydrogen (secondary N) is 1. The second kappa shape index (κ2) is 11.2. The van der Waals surface area contributed by atoms with Crippen LogP contribution < -0.4 is 14.8 Å². The fourth-order valence-corrected chi connectivity index (χ4v) is 6.40. The molecule has 1 fully saturated rings. The van der Waals surface area contributed by atoms with Crippen LogP contribution >= 0.6 is 0 Å². The number of aromatic hydroxyl groups is 1. The number of phenolic OH excluding ortho intramolecular Hbond substituents is 1. The van der Waals surface area contributed by atoms with E-state index in [1.54, 1.807) is 25.3 Å². The lowest BCUT2D eigenvalue weighted by molar-refractivity contribution is -0.139. The van der Waals surface area contributed by atoms with Crippen molar-refractivity contribution >= 4 is 22.8 Å². The maximum atomic E-state index is 13.4. The number of aromatic nitrogens is 1. The van der Waals surface area contributed by atoms with Crippen molar-refractivity contribution < 1.29 is 29.3 Å². The minimum Gasteiger partial charge on any atom is -0.508 e. The van der Waals surface area contributed by atoms with Crippen LogP contribution in [0.3, 0.4) is 0 Å². The molecule has 8 nitrogen and oxygen atoms in total. The molecule has 1 amide bonds. The number of benzene rings is 3. The van der Waals surface area contributed by atoms with Gasteiger partial charge in [0.1, 0.15) is 29.9 Å². The number of hydrogen-bond acceptors (Lipinski definition) is 5. The molecular weight excluding hydrogens is 520 g/mol. The van der Waals surface area contributed by atoms with E-state index in [0.29, 0.717) is 30.2 Å². The Bertz CT molecular complexity index is 1620. The van der Waals surface area contributed by atoms with Gasteiger partial charge in [-0.1, -0.05) is 37.5 Å². The summed E-state index contributed by atoms with van der Waals surface area (Å²) in [7, 11) is 1.65. The second-order valence-electron chi connectivity index (χ2n) is 10.9. The predicted molar refractivity (Wildman–Crippen MR) is 156 cm³/mol. The molecule has 0 bridgehead atoms. The molecule has 0 spiro atoms. The first-order chi connectivity index (χ1) is 19.9. The van der Waals surface area contributed by atoms with Crippen molar-refractivity contribution in [3.05, 3.63) is 77.4 Å². The topological polar surface area (TPSA) is 110 Å². The van der Waals surface area contributed by atoms with E-state index in [-0.39, 0.29) is 12.2 Å². The van der Waals surface area contributed by atoms with Gasteiger partial charge in [0.15, 0.2) is 0 Å². The maximum absolute atomic E-state index is 13.4. The van der Waals surface area contributed by atoms with E-state index in [4.69, 9.17) is 9.47 Å². The molecule has 1 unspecified atom stereocenters. The standard InChI is InChI=1S/C33H34N2O6/c1-40-24-11-13-26-29(19-24)41-15-14-35-28-18-22(10-12-25(28)30(31(26)35)21-7-3-2-4-8-21)32(37)34-27(33(38)39)17-20-6-5-9-23(36)16-20/h5-6,9-13,16,18-19,21,27,36H,2-4,7-8,14-15,17H2,1H3,(H,34,37)(H,38,39). The SMILES string of the molecule is COc1ccc2c(c1)OCCn1c-2c(C2CCCCC2)c2ccc(C(=O)NC(Cc3cccc(O)c3)C(=O)O)cc21. The normalized spacial score (nSPS) is 15.7. The Morgan fingerprint density at radius 2 is 1.90 bits per heavy atom. The van der Waals surface area contributed by atoms with Gasteiger partial charge in [-0.25, -0.2) is 4.79 Å². The maximum Gasteiger partial charge on any atom is 0.326 e. The van der Waals surface area contributed by atoms with E-state index in [9.17, 15) is 19.8 Å². The molecule has 2 aliphatic rings. The number of carbonyl (C=O) groups excluding carboxylic acids is 1. The van der Waals surface area contributed by atoms with E-state index in [1.165, 1.54) is 37.0 Å². The number of carboxylic acid groups (broad SMARTS) is 1. The number of phenols is 1. The summed E-state index contributed by atoms with van der Waals surface area (Å²) in [5, 5.41) is 23.4. The zero-order valence-corrected chi connectivity index (χ0v) is 23.1. The molecule has 41 heavy (non-hydrogen) atoms. The molecule has 1 aliphatic heterocycles. The summed E-state index contributed by atoms with van der Waals surface area (Å²) < 4.78 is 13.9. The third-order valence-electron chi connectivity index (χ3n) is 8.35. The lowest BCUT2D eigenvalue weighted by Gasteiger charge is -2.23. The van der Waals surface area contributed by atoms with Crippen LogP contribution in [0.25, 0.3) is 22.2 Å². The molecule has 4 aromatic rings. The Hall–Kier alpha value is -4.46. The third kappa shape index (κ3) is 5.22. The quantitative estimate of drug-likeness (QED) is 0.263. The third-order valence-corrected chi connectivity index (χ3v) is 8.35. The lowest BCUT2D eigenvalue weighted by atomic mass is 9.81. The molecule has 1 aromatic heterocycles. The van der Waals surface area contributed by atoms with Gasteiger partial charge in [-0.15, -0.1) is 0 Å². The number of rotatable bonds is 7. The van der Waals surface area contributed by atoms with Crippen LogP contribution in [0.5, 0.6) is 17.2 Å². The molecular formula is C33H34N2O6.